The van der Waals surface area contributed by atoms with Crippen molar-refractivity contribution in [3.63, 3.8) is 0 Å². The number of aromatic nitrogens is 3. The fourth-order valence-corrected chi connectivity index (χ4v) is 3.25. The minimum absolute atomic E-state index is 0.0567. The molecule has 1 aliphatic rings. The molecule has 0 radical (unpaired) electrons. The van der Waals surface area contributed by atoms with Gasteiger partial charge in [0.2, 0.25) is 0 Å². The maximum atomic E-state index is 12.8. The van der Waals surface area contributed by atoms with E-state index in [1.807, 2.05) is 13.8 Å². The molecular formula is C15H19N5O4. The van der Waals surface area contributed by atoms with E-state index in [0.29, 0.717) is 18.6 Å². The summed E-state index contributed by atoms with van der Waals surface area (Å²) in [6, 6.07) is -0.129. The second-order valence-electron chi connectivity index (χ2n) is 5.65. The Hall–Kier alpha value is -2.84. The normalized spacial score (nSPS) is 17.1. The molecule has 3 heterocycles. The highest BCUT2D eigenvalue weighted by atomic mass is 16.5. The van der Waals surface area contributed by atoms with Crippen LogP contribution in [0.15, 0.2) is 4.79 Å². The van der Waals surface area contributed by atoms with Gasteiger partial charge in [-0.05, 0) is 13.8 Å². The molecule has 0 saturated heterocycles. The number of hydrogen-bond acceptors (Lipinski definition) is 5. The van der Waals surface area contributed by atoms with E-state index >= 15 is 0 Å². The molecule has 1 atom stereocenters. The number of aromatic amines is 1. The zero-order valence-corrected chi connectivity index (χ0v) is 14.0. The van der Waals surface area contributed by atoms with E-state index in [9.17, 15) is 14.4 Å². The highest BCUT2D eigenvalue weighted by molar-refractivity contribution is 6.10. The van der Waals surface area contributed by atoms with Crippen LogP contribution >= 0.6 is 0 Å². The van der Waals surface area contributed by atoms with Gasteiger partial charge in [0, 0.05) is 26.2 Å². The second-order valence-corrected chi connectivity index (χ2v) is 5.65. The fraction of sp³-hybridized carbons (Fsp3) is 0.467. The Bertz CT molecular complexity index is 897. The molecule has 0 spiro atoms. The van der Waals surface area contributed by atoms with Gasteiger partial charge < -0.3 is 19.5 Å². The zero-order valence-electron chi connectivity index (χ0n) is 14.0. The van der Waals surface area contributed by atoms with Crippen molar-refractivity contribution in [3.8, 4) is 5.75 Å². The van der Waals surface area contributed by atoms with E-state index < -0.39 is 11.5 Å². The summed E-state index contributed by atoms with van der Waals surface area (Å²) >= 11 is 0. The van der Waals surface area contributed by atoms with Gasteiger partial charge in [-0.15, -0.1) is 0 Å². The third-order valence-electron chi connectivity index (χ3n) is 4.32. The third-order valence-corrected chi connectivity index (χ3v) is 4.32. The van der Waals surface area contributed by atoms with Gasteiger partial charge in [-0.2, -0.15) is 5.10 Å². The van der Waals surface area contributed by atoms with Gasteiger partial charge in [-0.3, -0.25) is 14.4 Å². The minimum atomic E-state index is -0.501. The summed E-state index contributed by atoms with van der Waals surface area (Å²) in [5, 5.41) is 8.86. The van der Waals surface area contributed by atoms with Gasteiger partial charge in [0.1, 0.15) is 5.39 Å². The quantitative estimate of drug-likeness (QED) is 0.830. The van der Waals surface area contributed by atoms with Crippen LogP contribution in [0.5, 0.6) is 5.75 Å². The van der Waals surface area contributed by atoms with E-state index in [4.69, 9.17) is 4.74 Å². The number of fused-ring (bicyclic) bond motifs is 3. The molecule has 1 aliphatic heterocycles. The Labute approximate surface area is 137 Å². The number of amides is 2. The monoisotopic (exact) mass is 333 g/mol. The van der Waals surface area contributed by atoms with Crippen molar-refractivity contribution >= 4 is 22.7 Å². The predicted octanol–water partition coefficient (Wildman–Crippen LogP) is 0.130. The molecule has 0 bridgehead atoms. The maximum absolute atomic E-state index is 12.8. The Balaban J connectivity index is 2.49. The Kier molecular flexibility index (Phi) is 3.78. The van der Waals surface area contributed by atoms with E-state index in [1.54, 1.807) is 9.47 Å². The lowest BCUT2D eigenvalue weighted by Gasteiger charge is -2.32. The van der Waals surface area contributed by atoms with Crippen LogP contribution in [0.2, 0.25) is 0 Å². The van der Waals surface area contributed by atoms with Crippen molar-refractivity contribution in [2.24, 2.45) is 0 Å². The summed E-state index contributed by atoms with van der Waals surface area (Å²) in [5.41, 5.74) is 0.152. The predicted molar refractivity (Wildman–Crippen MR) is 86.6 cm³/mol. The van der Waals surface area contributed by atoms with E-state index in [2.05, 4.69) is 15.5 Å². The largest absolute Gasteiger partial charge is 0.493 e. The van der Waals surface area contributed by atoms with Crippen molar-refractivity contribution in [1.82, 2.24) is 25.0 Å². The molecule has 0 aromatic carbocycles. The van der Waals surface area contributed by atoms with Crippen LogP contribution in [-0.2, 0) is 0 Å². The molecule has 0 aliphatic carbocycles. The van der Waals surface area contributed by atoms with Gasteiger partial charge >= 0.3 is 0 Å². The highest BCUT2D eigenvalue weighted by Gasteiger charge is 2.37. The van der Waals surface area contributed by atoms with Crippen molar-refractivity contribution in [2.45, 2.75) is 19.9 Å². The molecule has 2 aromatic rings. The fourth-order valence-electron chi connectivity index (χ4n) is 3.25. The lowest BCUT2D eigenvalue weighted by molar-refractivity contribution is 0.0685. The first-order valence-electron chi connectivity index (χ1n) is 7.68. The summed E-state index contributed by atoms with van der Waals surface area (Å²) < 4.78 is 7.07. The molecule has 0 fully saturated rings. The average Bonchev–Trinajstić information content (AvgIpc) is 2.94. The lowest BCUT2D eigenvalue weighted by atomic mass is 10.2. The van der Waals surface area contributed by atoms with Crippen molar-refractivity contribution < 1.29 is 14.3 Å². The van der Waals surface area contributed by atoms with Gasteiger partial charge in [-0.25, -0.2) is 5.10 Å². The summed E-state index contributed by atoms with van der Waals surface area (Å²) in [7, 11) is 2.88. The summed E-state index contributed by atoms with van der Waals surface area (Å²) in [5.74, 6) is -0.503. The number of ether oxygens (including phenoxy) is 1. The van der Waals surface area contributed by atoms with Crippen LogP contribution < -0.4 is 15.6 Å². The number of methoxy groups -OCH3 is 1. The molecule has 0 saturated carbocycles. The van der Waals surface area contributed by atoms with Crippen LogP contribution in [0.3, 0.4) is 0 Å². The number of likely N-dealkylation sites (N-methyl/N-ethyl adjacent to an activating group) is 1. The number of carbonyl (C=O) groups is 2. The van der Waals surface area contributed by atoms with E-state index in [-0.39, 0.29) is 34.5 Å². The van der Waals surface area contributed by atoms with Crippen LogP contribution in [0, 0.1) is 0 Å². The van der Waals surface area contributed by atoms with Gasteiger partial charge in [-0.1, -0.05) is 0 Å². The number of carbonyl (C=O) groups excluding carboxylic acids is 2. The summed E-state index contributed by atoms with van der Waals surface area (Å²) in [6.45, 7) is 4.84. The van der Waals surface area contributed by atoms with Gasteiger partial charge in [0.25, 0.3) is 17.4 Å². The first-order valence-corrected chi connectivity index (χ1v) is 7.68. The SMILES string of the molecule is CCN1C[C@H](C)n2c(c(OC)c3c(=O)[nH]nc(C(=O)NC)c32)C1=O. The van der Waals surface area contributed by atoms with Crippen LogP contribution in [0.25, 0.3) is 10.9 Å². The van der Waals surface area contributed by atoms with E-state index in [1.165, 1.54) is 14.2 Å². The molecule has 2 amide bonds. The Morgan fingerprint density at radius 1 is 1.46 bits per heavy atom. The standard InChI is InChI=1S/C15H19N5O4/c1-5-19-6-7(2)20-10-8(12(24-4)11(20)15(19)23)13(21)18-17-9(10)14(22)16-3/h7H,5-6H2,1-4H3,(H,16,22)(H,18,21)/t7-/m0/s1. The van der Waals surface area contributed by atoms with Crippen molar-refractivity contribution in [1.29, 1.82) is 0 Å². The zero-order chi connectivity index (χ0) is 17.6. The first kappa shape index (κ1) is 16.0. The number of nitrogens with zero attached hydrogens (tertiary/aromatic N) is 3. The molecule has 3 rings (SSSR count). The average molecular weight is 333 g/mol. The molecule has 0 unspecified atom stereocenters. The van der Waals surface area contributed by atoms with Crippen LogP contribution in [0.4, 0.5) is 0 Å². The minimum Gasteiger partial charge on any atom is -0.493 e. The number of rotatable bonds is 3. The molecular weight excluding hydrogens is 314 g/mol. The first-order chi connectivity index (χ1) is 11.5. The van der Waals surface area contributed by atoms with Crippen LogP contribution in [0.1, 0.15) is 40.9 Å². The topological polar surface area (TPSA) is 109 Å². The summed E-state index contributed by atoms with van der Waals surface area (Å²) in [6.07, 6.45) is 0. The number of nitrogens with one attached hydrogen (secondary N) is 2. The van der Waals surface area contributed by atoms with E-state index in [0.717, 1.165) is 0 Å². The third kappa shape index (κ3) is 2.00. The summed E-state index contributed by atoms with van der Waals surface area (Å²) in [4.78, 5) is 39.0. The Morgan fingerprint density at radius 2 is 2.17 bits per heavy atom. The molecule has 128 valence electrons. The molecule has 2 N–H and O–H groups in total. The van der Waals surface area contributed by atoms with Crippen LogP contribution in [-0.4, -0.2) is 58.7 Å². The Morgan fingerprint density at radius 3 is 2.75 bits per heavy atom. The maximum Gasteiger partial charge on any atom is 0.277 e. The van der Waals surface area contributed by atoms with Crippen molar-refractivity contribution in [2.75, 3.05) is 27.2 Å². The van der Waals surface area contributed by atoms with Gasteiger partial charge in [0.15, 0.2) is 17.1 Å². The number of hydrogen-bond donors (Lipinski definition) is 2. The lowest BCUT2D eigenvalue weighted by Crippen LogP contribution is -2.42. The molecule has 2 aromatic heterocycles. The number of H-pyrrole nitrogens is 1. The molecule has 9 heteroatoms. The highest BCUT2D eigenvalue weighted by Crippen LogP contribution is 2.38. The second kappa shape index (κ2) is 5.66. The van der Waals surface area contributed by atoms with Crippen molar-refractivity contribution in [3.05, 3.63) is 21.7 Å². The molecule has 24 heavy (non-hydrogen) atoms. The van der Waals surface area contributed by atoms with Gasteiger partial charge in [0.05, 0.1) is 12.6 Å². The smallest absolute Gasteiger partial charge is 0.277 e. The molecule has 9 nitrogen and oxygen atoms in total.